The Morgan fingerprint density at radius 2 is 1.41 bits per heavy atom. The highest BCUT2D eigenvalue weighted by Gasteiger charge is 2.45. The van der Waals surface area contributed by atoms with Gasteiger partial charge in [-0.25, -0.2) is 0 Å². The second-order valence-corrected chi connectivity index (χ2v) is 7.92. The third kappa shape index (κ3) is 3.31. The lowest BCUT2D eigenvalue weighted by molar-refractivity contribution is 0.0978. The van der Waals surface area contributed by atoms with Crippen LogP contribution in [0.15, 0.2) is 84.9 Å². The maximum absolute atomic E-state index is 13.2. The third-order valence-corrected chi connectivity index (χ3v) is 6.01. The quantitative estimate of drug-likeness (QED) is 0.553. The summed E-state index contributed by atoms with van der Waals surface area (Å²) in [6, 6.07) is 23.4. The molecular weight excluding hydrogens is 362 g/mol. The number of hydrogen-bond donors (Lipinski definition) is 1. The monoisotopic (exact) mass is 379 g/mol. The van der Waals surface area contributed by atoms with Gasteiger partial charge < -0.3 is 9.50 Å². The van der Waals surface area contributed by atoms with E-state index in [-0.39, 0.29) is 5.75 Å². The summed E-state index contributed by atoms with van der Waals surface area (Å²) in [7, 11) is -4.23. The van der Waals surface area contributed by atoms with Crippen LogP contribution in [0.5, 0.6) is 5.75 Å². The van der Waals surface area contributed by atoms with Crippen LogP contribution < -0.4 is 9.50 Å². The second-order valence-electron chi connectivity index (χ2n) is 6.26. The Bertz CT molecular complexity index is 1070. The second kappa shape index (κ2) is 6.89. The normalized spacial score (nSPS) is 20.4. The van der Waals surface area contributed by atoms with Gasteiger partial charge in [0.05, 0.1) is 11.7 Å². The van der Waals surface area contributed by atoms with Gasteiger partial charge in [0.25, 0.3) is 0 Å². The molecule has 5 nitrogen and oxygen atoms in total. The van der Waals surface area contributed by atoms with Crippen molar-refractivity contribution in [1.29, 1.82) is 0 Å². The van der Waals surface area contributed by atoms with Crippen molar-refractivity contribution in [2.75, 3.05) is 5.32 Å². The van der Waals surface area contributed by atoms with Crippen LogP contribution in [0, 0.1) is 0 Å². The van der Waals surface area contributed by atoms with Gasteiger partial charge in [-0.3, -0.25) is 4.79 Å². The first-order valence-electron chi connectivity index (χ1n) is 8.49. The van der Waals surface area contributed by atoms with Gasteiger partial charge in [0.1, 0.15) is 0 Å². The Kier molecular flexibility index (Phi) is 4.41. The highest BCUT2D eigenvalue weighted by atomic mass is 32.2. The average Bonchev–Trinajstić information content (AvgIpc) is 2.81. The van der Waals surface area contributed by atoms with Gasteiger partial charge in [-0.2, -0.15) is 8.42 Å². The summed E-state index contributed by atoms with van der Waals surface area (Å²) in [5, 5.41) is 1.79. The SMILES string of the molecule is O=C(c1ccccc1)C1C(c2ccccc2)Nc2ccccc2OS1(=O)=O. The summed E-state index contributed by atoms with van der Waals surface area (Å²) >= 11 is 0. The molecule has 3 aromatic carbocycles. The fourth-order valence-electron chi connectivity index (χ4n) is 3.21. The van der Waals surface area contributed by atoms with Crippen molar-refractivity contribution in [1.82, 2.24) is 0 Å². The van der Waals surface area contributed by atoms with Crippen molar-refractivity contribution < 1.29 is 17.4 Å². The smallest absolute Gasteiger partial charge is 0.322 e. The van der Waals surface area contributed by atoms with E-state index in [4.69, 9.17) is 4.18 Å². The van der Waals surface area contributed by atoms with Crippen LogP contribution in [0.25, 0.3) is 0 Å². The summed E-state index contributed by atoms with van der Waals surface area (Å²) in [4.78, 5) is 13.2. The molecule has 0 bridgehead atoms. The van der Waals surface area contributed by atoms with E-state index in [0.29, 0.717) is 16.8 Å². The number of ketones is 1. The largest absolute Gasteiger partial charge is 0.380 e. The first kappa shape index (κ1) is 17.3. The summed E-state index contributed by atoms with van der Waals surface area (Å²) in [5.74, 6) is -0.327. The molecule has 1 N–H and O–H groups in total. The molecule has 3 aromatic rings. The van der Waals surface area contributed by atoms with Crippen LogP contribution in [0.2, 0.25) is 0 Å². The molecule has 1 aliphatic rings. The van der Waals surface area contributed by atoms with Crippen molar-refractivity contribution in [3.05, 3.63) is 96.1 Å². The third-order valence-electron chi connectivity index (χ3n) is 4.49. The molecule has 0 saturated heterocycles. The van der Waals surface area contributed by atoms with Gasteiger partial charge in [-0.1, -0.05) is 72.8 Å². The minimum Gasteiger partial charge on any atom is -0.380 e. The topological polar surface area (TPSA) is 72.5 Å². The fourth-order valence-corrected chi connectivity index (χ4v) is 4.67. The van der Waals surface area contributed by atoms with Gasteiger partial charge in [0.15, 0.2) is 16.8 Å². The molecule has 1 aliphatic heterocycles. The zero-order valence-electron chi connectivity index (χ0n) is 14.3. The molecule has 6 heteroatoms. The van der Waals surface area contributed by atoms with Crippen LogP contribution >= 0.6 is 0 Å². The number of benzene rings is 3. The zero-order valence-corrected chi connectivity index (χ0v) is 15.1. The van der Waals surface area contributed by atoms with Crippen molar-refractivity contribution in [2.24, 2.45) is 0 Å². The summed E-state index contributed by atoms with van der Waals surface area (Å²) < 4.78 is 31.5. The number of fused-ring (bicyclic) bond motifs is 1. The van der Waals surface area contributed by atoms with Crippen LogP contribution in [-0.4, -0.2) is 19.5 Å². The molecule has 27 heavy (non-hydrogen) atoms. The maximum Gasteiger partial charge on any atom is 0.322 e. The van der Waals surface area contributed by atoms with Gasteiger partial charge in [0, 0.05) is 5.56 Å². The molecule has 0 aromatic heterocycles. The predicted octanol–water partition coefficient (Wildman–Crippen LogP) is 3.81. The van der Waals surface area contributed by atoms with Crippen molar-refractivity contribution in [2.45, 2.75) is 11.3 Å². The van der Waals surface area contributed by atoms with Crippen molar-refractivity contribution >= 4 is 21.6 Å². The van der Waals surface area contributed by atoms with Crippen molar-refractivity contribution in [3.63, 3.8) is 0 Å². The maximum atomic E-state index is 13.2. The molecule has 0 amide bonds. The number of nitrogens with one attached hydrogen (secondary N) is 1. The van der Waals surface area contributed by atoms with Gasteiger partial charge in [0.2, 0.25) is 0 Å². The molecule has 1 heterocycles. The molecule has 136 valence electrons. The van der Waals surface area contributed by atoms with E-state index in [0.717, 1.165) is 0 Å². The zero-order chi connectivity index (χ0) is 18.9. The Labute approximate surface area is 157 Å². The number of rotatable bonds is 3. The van der Waals surface area contributed by atoms with E-state index in [2.05, 4.69) is 5.32 Å². The molecule has 0 radical (unpaired) electrons. The minimum absolute atomic E-state index is 0.182. The molecule has 2 atom stereocenters. The van der Waals surface area contributed by atoms with Crippen LogP contribution in [0.3, 0.4) is 0 Å². The van der Waals surface area contributed by atoms with E-state index in [9.17, 15) is 13.2 Å². The minimum atomic E-state index is -4.23. The first-order valence-corrected chi connectivity index (χ1v) is 9.96. The molecule has 0 spiro atoms. The first-order chi connectivity index (χ1) is 13.1. The molecule has 0 aliphatic carbocycles. The fraction of sp³-hybridized carbons (Fsp3) is 0.0952. The Balaban J connectivity index is 1.89. The number of hydrogen-bond acceptors (Lipinski definition) is 5. The average molecular weight is 379 g/mol. The van der Waals surface area contributed by atoms with E-state index in [1.54, 1.807) is 66.7 Å². The van der Waals surface area contributed by atoms with E-state index < -0.39 is 27.2 Å². The van der Waals surface area contributed by atoms with E-state index in [1.165, 1.54) is 0 Å². The van der Waals surface area contributed by atoms with Gasteiger partial charge in [-0.15, -0.1) is 0 Å². The van der Waals surface area contributed by atoms with Crippen LogP contribution in [0.1, 0.15) is 22.0 Å². The number of para-hydroxylation sites is 2. The molecule has 0 fully saturated rings. The predicted molar refractivity (Wildman–Crippen MR) is 103 cm³/mol. The number of Topliss-reactive ketones (excluding diaryl/α,β-unsaturated/α-hetero) is 1. The molecule has 4 rings (SSSR count). The van der Waals surface area contributed by atoms with Crippen LogP contribution in [0.4, 0.5) is 5.69 Å². The number of carbonyl (C=O) groups is 1. The highest BCUT2D eigenvalue weighted by molar-refractivity contribution is 7.88. The molecular formula is C21H17NO4S. The molecule has 2 unspecified atom stereocenters. The lowest BCUT2D eigenvalue weighted by Gasteiger charge is -2.24. The standard InChI is InChI=1S/C21H17NO4S/c23-20(16-11-5-2-6-12-16)21-19(15-9-3-1-4-10-15)22-17-13-7-8-14-18(17)26-27(21,24)25/h1-14,19,21-22H. The lowest BCUT2D eigenvalue weighted by Crippen LogP contribution is -2.40. The van der Waals surface area contributed by atoms with Gasteiger partial charge in [-0.05, 0) is 17.7 Å². The van der Waals surface area contributed by atoms with E-state index >= 15 is 0 Å². The van der Waals surface area contributed by atoms with Crippen molar-refractivity contribution in [3.8, 4) is 5.75 Å². The van der Waals surface area contributed by atoms with Crippen LogP contribution in [-0.2, 0) is 10.1 Å². The molecule has 0 saturated carbocycles. The summed E-state index contributed by atoms with van der Waals surface area (Å²) in [6.07, 6.45) is 0. The summed E-state index contributed by atoms with van der Waals surface area (Å²) in [5.41, 5.74) is 1.54. The van der Waals surface area contributed by atoms with E-state index in [1.807, 2.05) is 18.2 Å². The lowest BCUT2D eigenvalue weighted by atomic mass is 9.97. The Hall–Kier alpha value is -3.12. The number of anilines is 1. The van der Waals surface area contributed by atoms with Gasteiger partial charge >= 0.3 is 10.1 Å². The number of carbonyl (C=O) groups excluding carboxylic acids is 1. The Morgan fingerprint density at radius 3 is 2.11 bits per heavy atom. The summed E-state index contributed by atoms with van der Waals surface area (Å²) in [6.45, 7) is 0. The Morgan fingerprint density at radius 1 is 0.815 bits per heavy atom. The highest BCUT2D eigenvalue weighted by Crippen LogP contribution is 2.38.